The molecule has 26 heavy (non-hydrogen) atoms. The third-order valence-corrected chi connectivity index (χ3v) is 7.63. The van der Waals surface area contributed by atoms with Gasteiger partial charge in [0.25, 0.3) is 5.91 Å². The highest BCUT2D eigenvalue weighted by atomic mass is 32.2. The Balaban J connectivity index is 1.09. The lowest BCUT2D eigenvalue weighted by Gasteiger charge is -2.47. The van der Waals surface area contributed by atoms with Gasteiger partial charge in [-0.3, -0.25) is 4.79 Å². The van der Waals surface area contributed by atoms with Crippen LogP contribution in [0.25, 0.3) is 0 Å². The number of hydrogen-bond acceptors (Lipinski definition) is 6. The summed E-state index contributed by atoms with van der Waals surface area (Å²) < 4.78 is 17.1. The zero-order valence-electron chi connectivity index (χ0n) is 15.0. The Morgan fingerprint density at radius 2 is 2.12 bits per heavy atom. The first-order valence-corrected chi connectivity index (χ1v) is 10.8. The van der Waals surface area contributed by atoms with Gasteiger partial charge in [-0.25, -0.2) is 0 Å². The summed E-state index contributed by atoms with van der Waals surface area (Å²) in [6.45, 7) is 4.21. The molecule has 4 fully saturated rings. The Morgan fingerprint density at radius 1 is 1.31 bits per heavy atom. The van der Waals surface area contributed by atoms with Crippen molar-refractivity contribution in [3.8, 4) is 0 Å². The minimum Gasteiger partial charge on any atom is -0.381 e. The number of hydrogen-bond donors (Lipinski definition) is 0. The first-order valence-electron chi connectivity index (χ1n) is 9.80. The molecule has 0 N–H and O–H groups in total. The van der Waals surface area contributed by atoms with Gasteiger partial charge in [0, 0.05) is 50.6 Å². The highest BCUT2D eigenvalue weighted by Gasteiger charge is 2.51. The van der Waals surface area contributed by atoms with E-state index in [1.807, 2.05) is 22.7 Å². The average Bonchev–Trinajstić information content (AvgIpc) is 3.20. The van der Waals surface area contributed by atoms with Crippen molar-refractivity contribution in [1.29, 1.82) is 0 Å². The van der Waals surface area contributed by atoms with Crippen LogP contribution in [0, 0.1) is 5.92 Å². The molecule has 1 aromatic rings. The molecule has 5 rings (SSSR count). The van der Waals surface area contributed by atoms with E-state index in [9.17, 15) is 4.79 Å². The standard InChI is InChI=1S/C19H26N2O4S/c22-18(16-7-17(25-20-16)14-1-2-14)21-11-19(12-21)8-15(10-26-19)24-9-13-3-5-23-6-4-13/h7,13-15H,1-6,8-12H2. The third kappa shape index (κ3) is 3.41. The van der Waals surface area contributed by atoms with Crippen LogP contribution < -0.4 is 0 Å². The Morgan fingerprint density at radius 3 is 2.88 bits per heavy atom. The van der Waals surface area contributed by atoms with Crippen molar-refractivity contribution in [1.82, 2.24) is 10.1 Å². The number of carbonyl (C=O) groups is 1. The summed E-state index contributed by atoms with van der Waals surface area (Å²) in [6.07, 6.45) is 5.93. The van der Waals surface area contributed by atoms with Crippen molar-refractivity contribution >= 4 is 17.7 Å². The first-order chi connectivity index (χ1) is 12.7. The van der Waals surface area contributed by atoms with Crippen LogP contribution in [-0.2, 0) is 9.47 Å². The number of aromatic nitrogens is 1. The van der Waals surface area contributed by atoms with Crippen molar-refractivity contribution in [2.75, 3.05) is 38.7 Å². The van der Waals surface area contributed by atoms with E-state index in [1.165, 1.54) is 0 Å². The Hall–Kier alpha value is -1.05. The predicted molar refractivity (Wildman–Crippen MR) is 97.5 cm³/mol. The van der Waals surface area contributed by atoms with E-state index in [1.54, 1.807) is 0 Å². The molecule has 1 atom stereocenters. The largest absolute Gasteiger partial charge is 0.381 e. The highest BCUT2D eigenvalue weighted by Crippen LogP contribution is 2.47. The van der Waals surface area contributed by atoms with Gasteiger partial charge in [0.15, 0.2) is 5.69 Å². The van der Waals surface area contributed by atoms with Crippen LogP contribution in [0.1, 0.15) is 54.3 Å². The lowest BCUT2D eigenvalue weighted by Crippen LogP contribution is -2.60. The molecule has 4 aliphatic rings. The number of nitrogens with zero attached hydrogens (tertiary/aromatic N) is 2. The topological polar surface area (TPSA) is 64.8 Å². The number of likely N-dealkylation sites (tertiary alicyclic amines) is 1. The van der Waals surface area contributed by atoms with Gasteiger partial charge in [0.05, 0.1) is 10.9 Å². The third-order valence-electron chi connectivity index (χ3n) is 6.06. The number of rotatable bonds is 5. The van der Waals surface area contributed by atoms with Gasteiger partial charge in [0.1, 0.15) is 5.76 Å². The lowest BCUT2D eigenvalue weighted by atomic mass is 9.92. The van der Waals surface area contributed by atoms with E-state index in [4.69, 9.17) is 14.0 Å². The molecule has 4 heterocycles. The summed E-state index contributed by atoms with van der Waals surface area (Å²) in [5.41, 5.74) is 0.470. The molecule has 1 saturated carbocycles. The second kappa shape index (κ2) is 6.84. The van der Waals surface area contributed by atoms with Crippen LogP contribution >= 0.6 is 11.8 Å². The van der Waals surface area contributed by atoms with Crippen molar-refractivity contribution < 1.29 is 18.8 Å². The summed E-state index contributed by atoms with van der Waals surface area (Å²) in [4.78, 5) is 14.5. The molecule has 7 heteroatoms. The number of carbonyl (C=O) groups excluding carboxylic acids is 1. The predicted octanol–water partition coefficient (Wildman–Crippen LogP) is 2.70. The minimum absolute atomic E-state index is 0.0125. The van der Waals surface area contributed by atoms with Gasteiger partial charge in [0.2, 0.25) is 0 Å². The molecule has 0 radical (unpaired) electrons. The number of amides is 1. The molecule has 3 aliphatic heterocycles. The Labute approximate surface area is 157 Å². The Bertz CT molecular complexity index is 662. The molecule has 1 amide bonds. The summed E-state index contributed by atoms with van der Waals surface area (Å²) in [5.74, 6) is 3.07. The smallest absolute Gasteiger partial charge is 0.276 e. The second-order valence-electron chi connectivity index (χ2n) is 8.26. The quantitative estimate of drug-likeness (QED) is 0.785. The van der Waals surface area contributed by atoms with Gasteiger partial charge in [-0.1, -0.05) is 5.16 Å². The van der Waals surface area contributed by atoms with Crippen molar-refractivity contribution in [3.05, 3.63) is 17.5 Å². The van der Waals surface area contributed by atoms with Gasteiger partial charge in [-0.15, -0.1) is 11.8 Å². The van der Waals surface area contributed by atoms with E-state index < -0.39 is 0 Å². The molecule has 3 saturated heterocycles. The summed E-state index contributed by atoms with van der Waals surface area (Å²) in [5, 5.41) is 3.98. The fourth-order valence-corrected chi connectivity index (χ4v) is 5.77. The van der Waals surface area contributed by atoms with Crippen molar-refractivity contribution in [3.63, 3.8) is 0 Å². The van der Waals surface area contributed by atoms with Crippen LogP contribution in [0.2, 0.25) is 0 Å². The summed E-state index contributed by atoms with van der Waals surface area (Å²) >= 11 is 1.98. The first kappa shape index (κ1) is 17.1. The molecule has 1 unspecified atom stereocenters. The van der Waals surface area contributed by atoms with Crippen LogP contribution in [0.15, 0.2) is 10.6 Å². The maximum atomic E-state index is 12.6. The zero-order chi connectivity index (χ0) is 17.6. The van der Waals surface area contributed by atoms with E-state index in [0.29, 0.717) is 23.6 Å². The lowest BCUT2D eigenvalue weighted by molar-refractivity contribution is -0.0119. The maximum absolute atomic E-state index is 12.6. The molecular weight excluding hydrogens is 352 g/mol. The monoisotopic (exact) mass is 378 g/mol. The molecule has 1 aliphatic carbocycles. The Kier molecular flexibility index (Phi) is 4.49. The minimum atomic E-state index is 0.0125. The van der Waals surface area contributed by atoms with E-state index in [2.05, 4.69) is 5.16 Å². The molecule has 6 nitrogen and oxygen atoms in total. The van der Waals surface area contributed by atoms with Crippen LogP contribution in [-0.4, -0.2) is 65.5 Å². The van der Waals surface area contributed by atoms with Gasteiger partial charge in [-0.05, 0) is 38.0 Å². The summed E-state index contributed by atoms with van der Waals surface area (Å²) in [6, 6.07) is 1.84. The van der Waals surface area contributed by atoms with Crippen LogP contribution in [0.5, 0.6) is 0 Å². The second-order valence-corrected chi connectivity index (χ2v) is 9.75. The van der Waals surface area contributed by atoms with E-state index in [-0.39, 0.29) is 10.7 Å². The van der Waals surface area contributed by atoms with Crippen molar-refractivity contribution in [2.45, 2.75) is 48.9 Å². The molecule has 0 bridgehead atoms. The van der Waals surface area contributed by atoms with Crippen LogP contribution in [0.3, 0.4) is 0 Å². The fraction of sp³-hybridized carbons (Fsp3) is 0.789. The normalized spacial score (nSPS) is 28.5. The molecule has 142 valence electrons. The molecular formula is C19H26N2O4S. The maximum Gasteiger partial charge on any atom is 0.276 e. The molecule has 1 aromatic heterocycles. The van der Waals surface area contributed by atoms with Crippen molar-refractivity contribution in [2.24, 2.45) is 5.92 Å². The fourth-order valence-electron chi connectivity index (χ4n) is 4.22. The number of ether oxygens (including phenoxy) is 2. The van der Waals surface area contributed by atoms with Gasteiger partial charge < -0.3 is 18.9 Å². The summed E-state index contributed by atoms with van der Waals surface area (Å²) in [7, 11) is 0. The molecule has 1 spiro atoms. The average molecular weight is 378 g/mol. The SMILES string of the molecule is O=C(c1cc(C2CC2)on1)N1CC2(CC(OCC3CCOCC3)CS2)C1. The van der Waals surface area contributed by atoms with Crippen LogP contribution in [0.4, 0.5) is 0 Å². The van der Waals surface area contributed by atoms with E-state index in [0.717, 1.165) is 76.5 Å². The van der Waals surface area contributed by atoms with Gasteiger partial charge in [-0.2, -0.15) is 0 Å². The highest BCUT2D eigenvalue weighted by molar-refractivity contribution is 8.01. The zero-order valence-corrected chi connectivity index (χ0v) is 15.8. The molecule has 0 aromatic carbocycles. The number of thioether (sulfide) groups is 1. The van der Waals surface area contributed by atoms with E-state index >= 15 is 0 Å². The van der Waals surface area contributed by atoms with Gasteiger partial charge >= 0.3 is 0 Å².